The summed E-state index contributed by atoms with van der Waals surface area (Å²) in [6.45, 7) is 5.03. The fourth-order valence-electron chi connectivity index (χ4n) is 3.35. The van der Waals surface area contributed by atoms with Crippen molar-refractivity contribution in [2.45, 2.75) is 11.3 Å². The number of thiazole rings is 1. The van der Waals surface area contributed by atoms with Gasteiger partial charge in [0.05, 0.1) is 15.1 Å². The van der Waals surface area contributed by atoms with Gasteiger partial charge < -0.3 is 4.90 Å². The van der Waals surface area contributed by atoms with Gasteiger partial charge in [0, 0.05) is 39.0 Å². The molecule has 0 bridgehead atoms. The van der Waals surface area contributed by atoms with E-state index in [0.29, 0.717) is 4.90 Å². The fourth-order valence-corrected chi connectivity index (χ4v) is 5.13. The van der Waals surface area contributed by atoms with E-state index >= 15 is 0 Å². The molecule has 27 heavy (non-hydrogen) atoms. The number of anilines is 1. The van der Waals surface area contributed by atoms with Gasteiger partial charge in [0.1, 0.15) is 0 Å². The lowest BCUT2D eigenvalue weighted by atomic mass is 10.1. The Bertz CT molecular complexity index is 1020. The Morgan fingerprint density at radius 2 is 1.78 bits per heavy atom. The maximum absolute atomic E-state index is 11.8. The van der Waals surface area contributed by atoms with E-state index in [4.69, 9.17) is 4.98 Å². The predicted octanol–water partition coefficient (Wildman–Crippen LogP) is 3.06. The van der Waals surface area contributed by atoms with Crippen molar-refractivity contribution in [3.05, 3.63) is 54.1 Å². The highest BCUT2D eigenvalue weighted by Crippen LogP contribution is 2.31. The quantitative estimate of drug-likeness (QED) is 0.658. The van der Waals surface area contributed by atoms with E-state index in [1.165, 1.54) is 11.8 Å². The molecule has 0 N–H and O–H groups in total. The van der Waals surface area contributed by atoms with Crippen LogP contribution < -0.4 is 4.90 Å². The summed E-state index contributed by atoms with van der Waals surface area (Å²) in [6.07, 6.45) is 2.32. The summed E-state index contributed by atoms with van der Waals surface area (Å²) >= 11 is 1.58. The molecule has 142 valence electrons. The fraction of sp³-hybridized carbons (Fsp3) is 0.350. The molecule has 5 nitrogen and oxygen atoms in total. The van der Waals surface area contributed by atoms with Gasteiger partial charge in [0.15, 0.2) is 15.0 Å². The molecule has 7 heteroatoms. The summed E-state index contributed by atoms with van der Waals surface area (Å²) in [7, 11) is -3.19. The molecule has 1 aromatic heterocycles. The molecule has 1 aliphatic heterocycles. The molecular formula is C20H23N3O2S2. The minimum atomic E-state index is -3.19. The summed E-state index contributed by atoms with van der Waals surface area (Å²) in [5.41, 5.74) is 2.25. The monoisotopic (exact) mass is 401 g/mol. The van der Waals surface area contributed by atoms with Crippen molar-refractivity contribution in [1.29, 1.82) is 0 Å². The zero-order valence-electron chi connectivity index (χ0n) is 15.3. The predicted molar refractivity (Wildman–Crippen MR) is 112 cm³/mol. The Labute approximate surface area is 164 Å². The van der Waals surface area contributed by atoms with E-state index in [9.17, 15) is 8.42 Å². The van der Waals surface area contributed by atoms with Gasteiger partial charge in [-0.2, -0.15) is 0 Å². The van der Waals surface area contributed by atoms with Crippen LogP contribution in [0.4, 0.5) is 5.13 Å². The summed E-state index contributed by atoms with van der Waals surface area (Å²) in [6, 6.07) is 15.8. The number of nitrogens with zero attached hydrogens (tertiary/aromatic N) is 3. The van der Waals surface area contributed by atoms with Gasteiger partial charge >= 0.3 is 0 Å². The second-order valence-electron chi connectivity index (χ2n) is 6.96. The minimum Gasteiger partial charge on any atom is -0.345 e. The van der Waals surface area contributed by atoms with Crippen LogP contribution in [0.15, 0.2) is 53.4 Å². The third-order valence-electron chi connectivity index (χ3n) is 4.98. The zero-order valence-corrected chi connectivity index (χ0v) is 17.0. The standard InChI is InChI=1S/C20H23N3O2S2/c1-27(24,25)17-7-8-18-19(15-17)26-20(21-18)23-13-11-22(12-14-23)10-9-16-5-3-2-4-6-16/h2-8,15H,9-14H2,1H3. The van der Waals surface area contributed by atoms with Crippen molar-refractivity contribution in [3.63, 3.8) is 0 Å². The SMILES string of the molecule is CS(=O)(=O)c1ccc2nc(N3CCN(CCc4ccccc4)CC3)sc2c1. The van der Waals surface area contributed by atoms with Gasteiger partial charge in [-0.3, -0.25) is 4.90 Å². The van der Waals surface area contributed by atoms with Crippen LogP contribution >= 0.6 is 11.3 Å². The van der Waals surface area contributed by atoms with Crippen molar-refractivity contribution in [2.24, 2.45) is 0 Å². The van der Waals surface area contributed by atoms with Crippen LogP contribution in [-0.2, 0) is 16.3 Å². The van der Waals surface area contributed by atoms with Crippen molar-refractivity contribution < 1.29 is 8.42 Å². The van der Waals surface area contributed by atoms with E-state index in [1.54, 1.807) is 23.5 Å². The van der Waals surface area contributed by atoms with E-state index in [1.807, 2.05) is 6.07 Å². The number of hydrogen-bond donors (Lipinski definition) is 0. The van der Waals surface area contributed by atoms with Gasteiger partial charge in [-0.15, -0.1) is 0 Å². The molecule has 0 saturated carbocycles. The maximum atomic E-state index is 11.8. The minimum absolute atomic E-state index is 0.357. The van der Waals surface area contributed by atoms with Gasteiger partial charge in [-0.1, -0.05) is 41.7 Å². The first-order chi connectivity index (χ1) is 13.0. The van der Waals surface area contributed by atoms with Crippen molar-refractivity contribution >= 4 is 36.5 Å². The molecular weight excluding hydrogens is 378 g/mol. The Morgan fingerprint density at radius 1 is 1.04 bits per heavy atom. The van der Waals surface area contributed by atoms with Gasteiger partial charge in [-0.25, -0.2) is 13.4 Å². The van der Waals surface area contributed by atoms with Crippen molar-refractivity contribution in [2.75, 3.05) is 43.9 Å². The number of sulfone groups is 1. The largest absolute Gasteiger partial charge is 0.345 e. The van der Waals surface area contributed by atoms with Crippen LogP contribution in [0.5, 0.6) is 0 Å². The molecule has 4 rings (SSSR count). The molecule has 1 fully saturated rings. The Hall–Kier alpha value is -1.96. The molecule has 0 radical (unpaired) electrons. The summed E-state index contributed by atoms with van der Waals surface area (Å²) < 4.78 is 24.4. The summed E-state index contributed by atoms with van der Waals surface area (Å²) in [5.74, 6) is 0. The van der Waals surface area contributed by atoms with E-state index in [2.05, 4.69) is 40.1 Å². The van der Waals surface area contributed by atoms with Crippen LogP contribution in [0.2, 0.25) is 0 Å². The van der Waals surface area contributed by atoms with Crippen LogP contribution in [0.3, 0.4) is 0 Å². The van der Waals surface area contributed by atoms with Gasteiger partial charge in [-0.05, 0) is 30.2 Å². The molecule has 0 aliphatic carbocycles. The highest BCUT2D eigenvalue weighted by atomic mass is 32.2. The first-order valence-electron chi connectivity index (χ1n) is 9.11. The first kappa shape index (κ1) is 18.4. The Kier molecular flexibility index (Phi) is 5.16. The van der Waals surface area contributed by atoms with Gasteiger partial charge in [0.25, 0.3) is 0 Å². The number of rotatable bonds is 5. The second kappa shape index (κ2) is 7.58. The summed E-state index contributed by atoms with van der Waals surface area (Å²) in [4.78, 5) is 9.87. The van der Waals surface area contributed by atoms with Crippen LogP contribution in [0.25, 0.3) is 10.2 Å². The second-order valence-corrected chi connectivity index (χ2v) is 9.99. The zero-order chi connectivity index (χ0) is 18.9. The number of aromatic nitrogens is 1. The number of benzene rings is 2. The maximum Gasteiger partial charge on any atom is 0.186 e. The molecule has 2 aromatic carbocycles. The van der Waals surface area contributed by atoms with E-state index < -0.39 is 9.84 Å². The van der Waals surface area contributed by atoms with Crippen molar-refractivity contribution in [1.82, 2.24) is 9.88 Å². The van der Waals surface area contributed by atoms with E-state index in [-0.39, 0.29) is 0 Å². The third-order valence-corrected chi connectivity index (χ3v) is 7.17. The van der Waals surface area contributed by atoms with Crippen molar-refractivity contribution in [3.8, 4) is 0 Å². The molecule has 1 saturated heterocycles. The Balaban J connectivity index is 1.39. The summed E-state index contributed by atoms with van der Waals surface area (Å²) in [5, 5.41) is 0.985. The lowest BCUT2D eigenvalue weighted by molar-refractivity contribution is 0.261. The topological polar surface area (TPSA) is 53.5 Å². The van der Waals surface area contributed by atoms with Crippen LogP contribution in [0, 0.1) is 0 Å². The third kappa shape index (κ3) is 4.31. The first-order valence-corrected chi connectivity index (χ1v) is 11.8. The smallest absolute Gasteiger partial charge is 0.186 e. The molecule has 0 spiro atoms. The van der Waals surface area contributed by atoms with Crippen LogP contribution in [0.1, 0.15) is 5.56 Å². The normalized spacial score (nSPS) is 16.1. The molecule has 0 unspecified atom stereocenters. The molecule has 3 aromatic rings. The molecule has 1 aliphatic rings. The number of piperazine rings is 1. The lowest BCUT2D eigenvalue weighted by Crippen LogP contribution is -2.46. The van der Waals surface area contributed by atoms with Gasteiger partial charge in [0.2, 0.25) is 0 Å². The van der Waals surface area contributed by atoms with Crippen LogP contribution in [-0.4, -0.2) is 57.3 Å². The number of fused-ring (bicyclic) bond motifs is 1. The highest BCUT2D eigenvalue weighted by Gasteiger charge is 2.20. The highest BCUT2D eigenvalue weighted by molar-refractivity contribution is 7.90. The van der Waals surface area contributed by atoms with E-state index in [0.717, 1.165) is 54.5 Å². The average Bonchev–Trinajstić information content (AvgIpc) is 3.10. The number of hydrogen-bond acceptors (Lipinski definition) is 6. The molecule has 2 heterocycles. The molecule has 0 atom stereocenters. The molecule has 0 amide bonds. The lowest BCUT2D eigenvalue weighted by Gasteiger charge is -2.34. The Morgan fingerprint density at radius 3 is 2.48 bits per heavy atom. The average molecular weight is 402 g/mol.